The lowest BCUT2D eigenvalue weighted by Gasteiger charge is -2.22. The minimum absolute atomic E-state index is 0.132. The van der Waals surface area contributed by atoms with Crippen LogP contribution in [0, 0.1) is 0 Å². The van der Waals surface area contributed by atoms with Crippen LogP contribution in [0.25, 0.3) is 111 Å². The molecule has 4 nitrogen and oxygen atoms in total. The van der Waals surface area contributed by atoms with Gasteiger partial charge in [0.05, 0.1) is 33.3 Å². The van der Waals surface area contributed by atoms with E-state index in [1.54, 1.807) is 0 Å². The lowest BCUT2D eigenvalue weighted by Crippen LogP contribution is -2.15. The van der Waals surface area contributed by atoms with Crippen molar-refractivity contribution in [1.29, 1.82) is 0 Å². The highest BCUT2D eigenvalue weighted by molar-refractivity contribution is 6.19. The second kappa shape index (κ2) is 13.5. The van der Waals surface area contributed by atoms with Crippen molar-refractivity contribution in [3.63, 3.8) is 0 Å². The van der Waals surface area contributed by atoms with E-state index < -0.39 is 0 Å². The Hall–Kier alpha value is -8.08. The van der Waals surface area contributed by atoms with Gasteiger partial charge in [-0.15, -0.1) is 0 Å². The number of rotatable bonds is 5. The third kappa shape index (κ3) is 5.34. The maximum absolute atomic E-state index is 5.50. The predicted molar refractivity (Wildman–Crippen MR) is 262 cm³/mol. The molecule has 0 N–H and O–H groups in total. The maximum atomic E-state index is 5.50. The van der Waals surface area contributed by atoms with Crippen molar-refractivity contribution >= 4 is 54.5 Å². The highest BCUT2D eigenvalue weighted by atomic mass is 15.0. The van der Waals surface area contributed by atoms with Gasteiger partial charge in [-0.1, -0.05) is 159 Å². The first kappa shape index (κ1) is 35.7. The molecular weight excluding hydrogens is 765 g/mol. The van der Waals surface area contributed by atoms with Crippen molar-refractivity contribution in [2.24, 2.45) is 0 Å². The summed E-state index contributed by atoms with van der Waals surface area (Å²) in [7, 11) is 0. The molecule has 3 heterocycles. The van der Waals surface area contributed by atoms with Crippen molar-refractivity contribution in [1.82, 2.24) is 19.1 Å². The first-order chi connectivity index (χ1) is 31.0. The highest BCUT2D eigenvalue weighted by Crippen LogP contribution is 2.49. The van der Waals surface area contributed by atoms with Crippen molar-refractivity contribution in [3.05, 3.63) is 217 Å². The van der Waals surface area contributed by atoms with Gasteiger partial charge >= 0.3 is 0 Å². The molecule has 1 aliphatic rings. The van der Waals surface area contributed by atoms with Crippen LogP contribution in [0.5, 0.6) is 0 Å². The van der Waals surface area contributed by atoms with Crippen LogP contribution in [0.15, 0.2) is 206 Å². The first-order valence-electron chi connectivity index (χ1n) is 21.7. The summed E-state index contributed by atoms with van der Waals surface area (Å²) in [6.07, 6.45) is 0. The fraction of sp³-hybridized carbons (Fsp3) is 0.0508. The van der Waals surface area contributed by atoms with E-state index in [-0.39, 0.29) is 5.41 Å². The number of para-hydroxylation sites is 3. The third-order valence-corrected chi connectivity index (χ3v) is 13.5. The van der Waals surface area contributed by atoms with Crippen molar-refractivity contribution in [2.75, 3.05) is 0 Å². The Labute approximate surface area is 365 Å². The van der Waals surface area contributed by atoms with Gasteiger partial charge in [-0.25, -0.2) is 9.97 Å². The molecule has 1 aliphatic carbocycles. The lowest BCUT2D eigenvalue weighted by atomic mass is 9.82. The predicted octanol–water partition coefficient (Wildman–Crippen LogP) is 15.1. The normalized spacial score (nSPS) is 13.0. The fourth-order valence-electron chi connectivity index (χ4n) is 10.5. The lowest BCUT2D eigenvalue weighted by molar-refractivity contribution is 0.660. The molecule has 13 rings (SSSR count). The molecule has 0 spiro atoms. The summed E-state index contributed by atoms with van der Waals surface area (Å²) < 4.78 is 4.82. The Morgan fingerprint density at radius 1 is 0.349 bits per heavy atom. The molecule has 0 saturated heterocycles. The number of nitrogens with zero attached hydrogens (tertiary/aromatic N) is 4. The van der Waals surface area contributed by atoms with Crippen LogP contribution in [0.3, 0.4) is 0 Å². The first-order valence-corrected chi connectivity index (χ1v) is 21.7. The molecule has 0 saturated carbocycles. The molecule has 12 aromatic rings. The number of fused-ring (bicyclic) bond motifs is 10. The van der Waals surface area contributed by atoms with Gasteiger partial charge in [-0.3, -0.25) is 0 Å². The van der Waals surface area contributed by atoms with Crippen molar-refractivity contribution in [2.45, 2.75) is 19.3 Å². The van der Waals surface area contributed by atoms with E-state index in [4.69, 9.17) is 9.97 Å². The standard InChI is InChI=1S/C59H40N4/c1-59(2)50-22-12-9-19-43(50)44-31-29-40(33-51(44)59)58-60-52-32-30-42(34-49(52)57(61-58)39-27-25-38(26-28-39)37-15-5-3-6-16-37)63-54-24-14-11-21-46(54)48-35-47-45-20-10-13-23-53(45)62(55(47)36-56(48)63)41-17-7-4-8-18-41/h3-36H,1-2H3. The number of benzene rings is 9. The second-order valence-corrected chi connectivity index (χ2v) is 17.4. The monoisotopic (exact) mass is 804 g/mol. The molecule has 9 aromatic carbocycles. The molecule has 4 heteroatoms. The summed E-state index contributed by atoms with van der Waals surface area (Å²) in [6.45, 7) is 4.65. The topological polar surface area (TPSA) is 35.6 Å². The van der Waals surface area contributed by atoms with E-state index in [0.29, 0.717) is 0 Å². The fourth-order valence-corrected chi connectivity index (χ4v) is 10.5. The van der Waals surface area contributed by atoms with Crippen LogP contribution in [0.2, 0.25) is 0 Å². The van der Waals surface area contributed by atoms with Gasteiger partial charge in [-0.05, 0) is 94.0 Å². The van der Waals surface area contributed by atoms with E-state index in [1.807, 2.05) is 0 Å². The van der Waals surface area contributed by atoms with Gasteiger partial charge < -0.3 is 9.13 Å². The zero-order chi connectivity index (χ0) is 41.8. The van der Waals surface area contributed by atoms with Crippen LogP contribution < -0.4 is 0 Å². The largest absolute Gasteiger partial charge is 0.309 e. The Morgan fingerprint density at radius 2 is 0.921 bits per heavy atom. The van der Waals surface area contributed by atoms with E-state index in [9.17, 15) is 0 Å². The molecule has 296 valence electrons. The van der Waals surface area contributed by atoms with Crippen LogP contribution in [0.4, 0.5) is 0 Å². The number of aromatic nitrogens is 4. The summed E-state index contributed by atoms with van der Waals surface area (Å²) in [4.78, 5) is 10.9. The van der Waals surface area contributed by atoms with Gasteiger partial charge in [0.2, 0.25) is 0 Å². The van der Waals surface area contributed by atoms with Crippen LogP contribution in [-0.4, -0.2) is 19.1 Å². The summed E-state index contributed by atoms with van der Waals surface area (Å²) in [5.41, 5.74) is 18.2. The van der Waals surface area contributed by atoms with Crippen LogP contribution in [-0.2, 0) is 5.41 Å². The molecular formula is C59H40N4. The molecule has 0 aliphatic heterocycles. The average molecular weight is 805 g/mol. The van der Waals surface area contributed by atoms with Gasteiger partial charge in [0.25, 0.3) is 0 Å². The van der Waals surface area contributed by atoms with E-state index in [0.717, 1.165) is 56.0 Å². The molecule has 63 heavy (non-hydrogen) atoms. The smallest absolute Gasteiger partial charge is 0.160 e. The number of hydrogen-bond donors (Lipinski definition) is 0. The zero-order valence-corrected chi connectivity index (χ0v) is 34.9. The molecule has 0 amide bonds. The van der Waals surface area contributed by atoms with E-state index >= 15 is 0 Å². The maximum Gasteiger partial charge on any atom is 0.160 e. The summed E-state index contributed by atoms with van der Waals surface area (Å²) >= 11 is 0. The Bertz CT molecular complexity index is 3800. The molecule has 0 bridgehead atoms. The van der Waals surface area contributed by atoms with Crippen molar-refractivity contribution in [3.8, 4) is 56.3 Å². The third-order valence-electron chi connectivity index (χ3n) is 13.5. The molecule has 0 fully saturated rings. The molecule has 0 radical (unpaired) electrons. The SMILES string of the molecule is CC1(C)c2ccccc2-c2ccc(-c3nc(-c4ccc(-c5ccccc5)cc4)c4cc(-n5c6ccccc6c6cc7c8ccccc8n(-c8ccccc8)c7cc65)ccc4n3)cc21. The second-order valence-electron chi connectivity index (χ2n) is 17.4. The minimum Gasteiger partial charge on any atom is -0.309 e. The van der Waals surface area contributed by atoms with Gasteiger partial charge in [0, 0.05) is 54.8 Å². The Balaban J connectivity index is 1.04. The van der Waals surface area contributed by atoms with E-state index in [1.165, 1.54) is 66.0 Å². The summed E-state index contributed by atoms with van der Waals surface area (Å²) in [5, 5.41) is 5.93. The van der Waals surface area contributed by atoms with Gasteiger partial charge in [0.1, 0.15) is 0 Å². The zero-order valence-electron chi connectivity index (χ0n) is 34.9. The van der Waals surface area contributed by atoms with Crippen LogP contribution >= 0.6 is 0 Å². The van der Waals surface area contributed by atoms with Gasteiger partial charge in [-0.2, -0.15) is 0 Å². The van der Waals surface area contributed by atoms with Crippen molar-refractivity contribution < 1.29 is 0 Å². The Morgan fingerprint density at radius 3 is 1.65 bits per heavy atom. The summed E-state index contributed by atoms with van der Waals surface area (Å²) in [5.74, 6) is 0.722. The minimum atomic E-state index is -0.132. The number of hydrogen-bond acceptors (Lipinski definition) is 2. The molecule has 0 atom stereocenters. The van der Waals surface area contributed by atoms with E-state index in [2.05, 4.69) is 229 Å². The molecule has 0 unspecified atom stereocenters. The summed E-state index contributed by atoms with van der Waals surface area (Å²) in [6, 6.07) is 74.7. The average Bonchev–Trinajstić information content (AvgIpc) is 3.93. The Kier molecular flexibility index (Phi) is 7.62. The highest BCUT2D eigenvalue weighted by Gasteiger charge is 2.35. The van der Waals surface area contributed by atoms with Gasteiger partial charge in [0.15, 0.2) is 5.82 Å². The molecule has 3 aromatic heterocycles. The van der Waals surface area contributed by atoms with Crippen LogP contribution in [0.1, 0.15) is 25.0 Å². The quantitative estimate of drug-likeness (QED) is 0.174.